The van der Waals surface area contributed by atoms with E-state index < -0.39 is 0 Å². The summed E-state index contributed by atoms with van der Waals surface area (Å²) in [6.07, 6.45) is 5.80. The lowest BCUT2D eigenvalue weighted by Gasteiger charge is -2.27. The third kappa shape index (κ3) is 3.26. The molecule has 0 unspecified atom stereocenters. The maximum absolute atomic E-state index is 11.7. The maximum Gasteiger partial charge on any atom is 0.225 e. The van der Waals surface area contributed by atoms with Gasteiger partial charge in [0.25, 0.3) is 0 Å². The minimum atomic E-state index is 0.167. The van der Waals surface area contributed by atoms with E-state index in [0.717, 1.165) is 43.3 Å². The first-order valence-corrected chi connectivity index (χ1v) is 7.59. The van der Waals surface area contributed by atoms with Gasteiger partial charge in [0.1, 0.15) is 0 Å². The number of carbonyl (C=O) groups excluding carboxylic acids is 1. The molecule has 1 saturated carbocycles. The summed E-state index contributed by atoms with van der Waals surface area (Å²) < 4.78 is 0. The molecular formula is C15H22N4O. The topological polar surface area (TPSA) is 58.1 Å². The lowest BCUT2D eigenvalue weighted by molar-refractivity contribution is -0.122. The zero-order chi connectivity index (χ0) is 13.9. The van der Waals surface area contributed by atoms with Crippen molar-refractivity contribution in [1.82, 2.24) is 15.3 Å². The van der Waals surface area contributed by atoms with Crippen LogP contribution in [0.4, 0.5) is 5.95 Å². The number of hydrogen-bond donors (Lipinski definition) is 1. The molecule has 0 radical (unpaired) electrons. The van der Waals surface area contributed by atoms with E-state index in [1.807, 2.05) is 13.0 Å². The number of nitrogens with one attached hydrogen (secondary N) is 1. The van der Waals surface area contributed by atoms with Gasteiger partial charge in [0.05, 0.1) is 12.2 Å². The van der Waals surface area contributed by atoms with Gasteiger partial charge >= 0.3 is 0 Å². The van der Waals surface area contributed by atoms with Gasteiger partial charge in [-0.3, -0.25) is 4.79 Å². The van der Waals surface area contributed by atoms with Gasteiger partial charge in [-0.25, -0.2) is 9.97 Å². The van der Waals surface area contributed by atoms with Crippen LogP contribution in [0.2, 0.25) is 0 Å². The second-order valence-electron chi connectivity index (χ2n) is 5.84. The summed E-state index contributed by atoms with van der Waals surface area (Å²) in [6.45, 7) is 4.58. The molecule has 20 heavy (non-hydrogen) atoms. The first kappa shape index (κ1) is 13.3. The number of carbonyl (C=O) groups is 1. The third-order valence-electron chi connectivity index (χ3n) is 3.93. The fourth-order valence-electron chi connectivity index (χ4n) is 2.61. The van der Waals surface area contributed by atoms with Crippen molar-refractivity contribution in [2.75, 3.05) is 18.0 Å². The van der Waals surface area contributed by atoms with E-state index in [-0.39, 0.29) is 11.8 Å². The highest BCUT2D eigenvalue weighted by molar-refractivity contribution is 5.80. The molecule has 2 fully saturated rings. The smallest absolute Gasteiger partial charge is 0.225 e. The first-order chi connectivity index (χ1) is 9.72. The minimum Gasteiger partial charge on any atom is -0.350 e. The zero-order valence-corrected chi connectivity index (χ0v) is 12.1. The number of rotatable bonds is 4. The molecule has 1 saturated heterocycles. The Kier molecular flexibility index (Phi) is 3.85. The number of piperidine rings is 1. The van der Waals surface area contributed by atoms with Gasteiger partial charge in [0, 0.05) is 24.7 Å². The Morgan fingerprint density at radius 3 is 2.75 bits per heavy atom. The summed E-state index contributed by atoms with van der Waals surface area (Å²) >= 11 is 0. The summed E-state index contributed by atoms with van der Waals surface area (Å²) in [5.74, 6) is 1.24. The fourth-order valence-corrected chi connectivity index (χ4v) is 2.61. The lowest BCUT2D eigenvalue weighted by atomic mass is 10.1. The molecule has 2 heterocycles. The number of hydrogen-bond acceptors (Lipinski definition) is 4. The summed E-state index contributed by atoms with van der Waals surface area (Å²) in [6, 6.07) is 1.96. The first-order valence-electron chi connectivity index (χ1n) is 7.59. The van der Waals surface area contributed by atoms with Gasteiger partial charge in [-0.1, -0.05) is 0 Å². The van der Waals surface area contributed by atoms with Crippen LogP contribution >= 0.6 is 0 Å². The van der Waals surface area contributed by atoms with Crippen molar-refractivity contribution in [2.24, 2.45) is 5.92 Å². The quantitative estimate of drug-likeness (QED) is 0.909. The molecule has 0 aromatic carbocycles. The molecular weight excluding hydrogens is 252 g/mol. The SMILES string of the molecule is Cc1cc(CNC(=O)C2CC2)nc(N2CCCCC2)n1. The summed E-state index contributed by atoms with van der Waals surface area (Å²) in [7, 11) is 0. The standard InChI is InChI=1S/C15H22N4O/c1-11-9-13(10-16-14(20)12-5-6-12)18-15(17-11)19-7-3-2-4-8-19/h9,12H,2-8,10H2,1H3,(H,16,20). The van der Waals surface area contributed by atoms with E-state index in [0.29, 0.717) is 6.54 Å². The van der Waals surface area contributed by atoms with Crippen molar-refractivity contribution in [3.63, 3.8) is 0 Å². The van der Waals surface area contributed by atoms with Crippen LogP contribution in [-0.2, 0) is 11.3 Å². The van der Waals surface area contributed by atoms with Gasteiger partial charge < -0.3 is 10.2 Å². The fraction of sp³-hybridized carbons (Fsp3) is 0.667. The number of aromatic nitrogens is 2. The Hall–Kier alpha value is -1.65. The molecule has 1 aromatic heterocycles. The average Bonchev–Trinajstić information content (AvgIpc) is 3.30. The molecule has 1 aromatic rings. The van der Waals surface area contributed by atoms with E-state index in [2.05, 4.69) is 20.2 Å². The van der Waals surface area contributed by atoms with Crippen LogP contribution in [0.3, 0.4) is 0 Å². The molecule has 108 valence electrons. The molecule has 1 N–H and O–H groups in total. The van der Waals surface area contributed by atoms with E-state index in [9.17, 15) is 4.79 Å². The Labute approximate surface area is 119 Å². The van der Waals surface area contributed by atoms with Crippen LogP contribution in [0.15, 0.2) is 6.07 Å². The highest BCUT2D eigenvalue weighted by atomic mass is 16.2. The van der Waals surface area contributed by atoms with E-state index >= 15 is 0 Å². The van der Waals surface area contributed by atoms with Crippen molar-refractivity contribution < 1.29 is 4.79 Å². The number of nitrogens with zero attached hydrogens (tertiary/aromatic N) is 3. The van der Waals surface area contributed by atoms with E-state index in [1.165, 1.54) is 19.3 Å². The predicted molar refractivity (Wildman–Crippen MR) is 77.4 cm³/mol. The lowest BCUT2D eigenvalue weighted by Crippen LogP contribution is -2.32. The van der Waals surface area contributed by atoms with Gasteiger partial charge in [-0.15, -0.1) is 0 Å². The zero-order valence-electron chi connectivity index (χ0n) is 12.1. The second kappa shape index (κ2) is 5.77. The summed E-state index contributed by atoms with van der Waals surface area (Å²) in [5, 5.41) is 2.97. The van der Waals surface area contributed by atoms with Gasteiger partial charge in [-0.05, 0) is 45.1 Å². The minimum absolute atomic E-state index is 0.167. The molecule has 2 aliphatic rings. The highest BCUT2D eigenvalue weighted by Gasteiger charge is 2.29. The van der Waals surface area contributed by atoms with Crippen molar-refractivity contribution in [3.8, 4) is 0 Å². The summed E-state index contributed by atoms with van der Waals surface area (Å²) in [4.78, 5) is 23.1. The normalized spacial score (nSPS) is 18.9. The highest BCUT2D eigenvalue weighted by Crippen LogP contribution is 2.28. The Morgan fingerprint density at radius 2 is 2.05 bits per heavy atom. The number of amides is 1. The maximum atomic E-state index is 11.7. The van der Waals surface area contributed by atoms with Crippen LogP contribution in [0.25, 0.3) is 0 Å². The molecule has 3 rings (SSSR count). The largest absolute Gasteiger partial charge is 0.350 e. The van der Waals surface area contributed by atoms with E-state index in [1.54, 1.807) is 0 Å². The van der Waals surface area contributed by atoms with Gasteiger partial charge in [-0.2, -0.15) is 0 Å². The average molecular weight is 274 g/mol. The van der Waals surface area contributed by atoms with Crippen molar-refractivity contribution in [2.45, 2.75) is 45.6 Å². The molecule has 1 amide bonds. The van der Waals surface area contributed by atoms with E-state index in [4.69, 9.17) is 0 Å². The van der Waals surface area contributed by atoms with Crippen molar-refractivity contribution in [3.05, 3.63) is 17.5 Å². The number of aryl methyl sites for hydroxylation is 1. The Bertz CT molecular complexity index is 493. The monoisotopic (exact) mass is 274 g/mol. The van der Waals surface area contributed by atoms with Crippen LogP contribution in [0.1, 0.15) is 43.5 Å². The Morgan fingerprint density at radius 1 is 1.30 bits per heavy atom. The van der Waals surface area contributed by atoms with Crippen LogP contribution < -0.4 is 10.2 Å². The molecule has 0 spiro atoms. The predicted octanol–water partition coefficient (Wildman–Crippen LogP) is 1.80. The Balaban J connectivity index is 1.67. The molecule has 0 bridgehead atoms. The van der Waals surface area contributed by atoms with Crippen molar-refractivity contribution in [1.29, 1.82) is 0 Å². The van der Waals surface area contributed by atoms with Crippen molar-refractivity contribution >= 4 is 11.9 Å². The molecule has 1 aliphatic carbocycles. The van der Waals surface area contributed by atoms with Crippen LogP contribution in [0.5, 0.6) is 0 Å². The molecule has 5 nitrogen and oxygen atoms in total. The van der Waals surface area contributed by atoms with Crippen LogP contribution in [-0.4, -0.2) is 29.0 Å². The van der Waals surface area contributed by atoms with Gasteiger partial charge in [0.15, 0.2) is 0 Å². The number of anilines is 1. The molecule has 0 atom stereocenters. The molecule has 1 aliphatic heterocycles. The molecule has 5 heteroatoms. The summed E-state index contributed by atoms with van der Waals surface area (Å²) in [5.41, 5.74) is 1.88. The third-order valence-corrected chi connectivity index (χ3v) is 3.93. The van der Waals surface area contributed by atoms with Crippen LogP contribution in [0, 0.1) is 12.8 Å². The van der Waals surface area contributed by atoms with Gasteiger partial charge in [0.2, 0.25) is 11.9 Å². The second-order valence-corrected chi connectivity index (χ2v) is 5.84.